The van der Waals surface area contributed by atoms with Gasteiger partial charge in [-0.2, -0.15) is 5.10 Å². The molecule has 4 aliphatic carbocycles. The minimum atomic E-state index is -0.182. The first-order valence-corrected chi connectivity index (χ1v) is 14.8. The third-order valence-electron chi connectivity index (χ3n) is 9.26. The SMILES string of the molecule is CCCCCn1cc(C(=O)NC23CC4CC(CC(C4)C2)C3)c(=O)c2cc(-c3cnn(CC(C)C)c3)ccc21. The number of nitrogens with one attached hydrogen (secondary N) is 1. The summed E-state index contributed by atoms with van der Waals surface area (Å²) >= 11 is 0. The summed E-state index contributed by atoms with van der Waals surface area (Å²) in [7, 11) is 0. The summed E-state index contributed by atoms with van der Waals surface area (Å²) in [6.07, 6.45) is 16.2. The number of amides is 1. The standard InChI is InChI=1S/C32H42N4O2/c1-4-5-6-9-35-20-28(31(38)34-32-14-22-10-23(15-32)12-24(11-22)16-32)30(37)27-13-25(7-8-29(27)35)26-17-33-36(19-26)18-21(2)3/h7-8,13,17,19-24H,4-6,9-12,14-16,18H2,1-3H3,(H,34,38). The van der Waals surface area contributed by atoms with Gasteiger partial charge in [0.25, 0.3) is 5.91 Å². The molecule has 3 aromatic rings. The predicted molar refractivity (Wildman–Crippen MR) is 152 cm³/mol. The van der Waals surface area contributed by atoms with E-state index >= 15 is 0 Å². The number of fused-ring (bicyclic) bond motifs is 1. The molecule has 202 valence electrons. The van der Waals surface area contributed by atoms with Crippen LogP contribution >= 0.6 is 0 Å². The predicted octanol–water partition coefficient (Wildman–Crippen LogP) is 6.41. The van der Waals surface area contributed by atoms with Crippen LogP contribution in [0.25, 0.3) is 22.0 Å². The van der Waals surface area contributed by atoms with Gasteiger partial charge in [-0.3, -0.25) is 14.3 Å². The van der Waals surface area contributed by atoms with Crippen LogP contribution in [0.1, 0.15) is 88.9 Å². The van der Waals surface area contributed by atoms with Crippen LogP contribution in [0.15, 0.2) is 41.6 Å². The highest BCUT2D eigenvalue weighted by Crippen LogP contribution is 2.55. The second-order valence-corrected chi connectivity index (χ2v) is 13.0. The van der Waals surface area contributed by atoms with Gasteiger partial charge in [0.1, 0.15) is 5.56 Å². The number of pyridine rings is 1. The molecule has 4 bridgehead atoms. The molecule has 1 N–H and O–H groups in total. The van der Waals surface area contributed by atoms with Gasteiger partial charge in [-0.05, 0) is 86.3 Å². The van der Waals surface area contributed by atoms with Gasteiger partial charge in [-0.15, -0.1) is 0 Å². The summed E-state index contributed by atoms with van der Waals surface area (Å²) in [4.78, 5) is 27.7. The van der Waals surface area contributed by atoms with E-state index in [9.17, 15) is 9.59 Å². The molecule has 0 aliphatic heterocycles. The zero-order valence-corrected chi connectivity index (χ0v) is 23.2. The molecular weight excluding hydrogens is 472 g/mol. The van der Waals surface area contributed by atoms with Gasteiger partial charge < -0.3 is 9.88 Å². The third-order valence-corrected chi connectivity index (χ3v) is 9.26. The zero-order chi connectivity index (χ0) is 26.4. The third kappa shape index (κ3) is 4.83. The molecule has 0 saturated heterocycles. The molecule has 4 aliphatic rings. The number of carbonyl (C=O) groups is 1. The van der Waals surface area contributed by atoms with Crippen molar-refractivity contribution in [1.82, 2.24) is 19.7 Å². The van der Waals surface area contributed by atoms with Crippen molar-refractivity contribution in [3.63, 3.8) is 0 Å². The highest BCUT2D eigenvalue weighted by molar-refractivity contribution is 5.98. The van der Waals surface area contributed by atoms with E-state index in [4.69, 9.17) is 0 Å². The van der Waals surface area contributed by atoms with Crippen LogP contribution in [0.3, 0.4) is 0 Å². The Morgan fingerprint density at radius 2 is 1.76 bits per heavy atom. The van der Waals surface area contributed by atoms with E-state index in [1.807, 2.05) is 35.4 Å². The number of benzene rings is 1. The number of hydrogen-bond donors (Lipinski definition) is 1. The van der Waals surface area contributed by atoms with E-state index in [0.717, 1.165) is 86.0 Å². The average molecular weight is 515 g/mol. The van der Waals surface area contributed by atoms with Crippen LogP contribution in [0, 0.1) is 23.7 Å². The van der Waals surface area contributed by atoms with Gasteiger partial charge in [-0.25, -0.2) is 0 Å². The van der Waals surface area contributed by atoms with Crippen LogP contribution in [-0.4, -0.2) is 25.8 Å². The second kappa shape index (κ2) is 10.0. The number of aromatic nitrogens is 3. The van der Waals surface area contributed by atoms with Gasteiger partial charge in [0.2, 0.25) is 5.43 Å². The molecule has 1 aromatic carbocycles. The van der Waals surface area contributed by atoms with Crippen LogP contribution in [0.2, 0.25) is 0 Å². The molecule has 0 unspecified atom stereocenters. The zero-order valence-electron chi connectivity index (χ0n) is 23.2. The minimum absolute atomic E-state index is 0.118. The number of unbranched alkanes of at least 4 members (excludes halogenated alkanes) is 2. The van der Waals surface area contributed by atoms with E-state index < -0.39 is 0 Å². The van der Waals surface area contributed by atoms with Gasteiger partial charge >= 0.3 is 0 Å². The maximum absolute atomic E-state index is 13.9. The van der Waals surface area contributed by atoms with Gasteiger partial charge in [0.05, 0.1) is 11.7 Å². The lowest BCUT2D eigenvalue weighted by Gasteiger charge is -2.56. The first-order chi connectivity index (χ1) is 18.3. The molecule has 0 radical (unpaired) electrons. The van der Waals surface area contributed by atoms with Crippen molar-refractivity contribution in [3.05, 3.63) is 52.6 Å². The molecule has 6 heteroatoms. The van der Waals surface area contributed by atoms with Crippen LogP contribution in [-0.2, 0) is 13.1 Å². The Balaban J connectivity index is 1.36. The summed E-state index contributed by atoms with van der Waals surface area (Å²) in [5, 5.41) is 8.58. The molecule has 0 spiro atoms. The summed E-state index contributed by atoms with van der Waals surface area (Å²) in [6.45, 7) is 8.20. The monoisotopic (exact) mass is 514 g/mol. The average Bonchev–Trinajstić information content (AvgIpc) is 3.32. The maximum atomic E-state index is 13.9. The largest absolute Gasteiger partial charge is 0.346 e. The quantitative estimate of drug-likeness (QED) is 0.336. The first-order valence-electron chi connectivity index (χ1n) is 14.8. The fraction of sp³-hybridized carbons (Fsp3) is 0.594. The summed E-state index contributed by atoms with van der Waals surface area (Å²) in [6, 6.07) is 6.08. The van der Waals surface area contributed by atoms with Gasteiger partial charge in [-0.1, -0.05) is 39.7 Å². The Hall–Kier alpha value is -2.89. The number of nitrogens with zero attached hydrogens (tertiary/aromatic N) is 3. The Labute approximate surface area is 225 Å². The van der Waals surface area contributed by atoms with Gasteiger partial charge in [0.15, 0.2) is 0 Å². The molecule has 2 aromatic heterocycles. The number of rotatable bonds is 9. The van der Waals surface area contributed by atoms with E-state index in [1.54, 1.807) is 0 Å². The van der Waals surface area contributed by atoms with Crippen LogP contribution < -0.4 is 10.7 Å². The molecule has 1 amide bonds. The second-order valence-electron chi connectivity index (χ2n) is 13.0. The number of aryl methyl sites for hydroxylation is 1. The van der Waals surface area contributed by atoms with Crippen molar-refractivity contribution < 1.29 is 4.79 Å². The lowest BCUT2D eigenvalue weighted by atomic mass is 9.53. The Bertz CT molecular complexity index is 1360. The van der Waals surface area contributed by atoms with Crippen molar-refractivity contribution in [2.45, 2.75) is 97.2 Å². The van der Waals surface area contributed by atoms with Gasteiger partial charge in [0, 0.05) is 42.0 Å². The van der Waals surface area contributed by atoms with Crippen LogP contribution in [0.4, 0.5) is 0 Å². The normalized spacial score (nSPS) is 25.9. The summed E-state index contributed by atoms with van der Waals surface area (Å²) in [5.41, 5.74) is 2.86. The molecule has 2 heterocycles. The number of hydrogen-bond acceptors (Lipinski definition) is 3. The van der Waals surface area contributed by atoms with E-state index in [2.05, 4.69) is 41.8 Å². The van der Waals surface area contributed by atoms with Crippen molar-refractivity contribution in [2.24, 2.45) is 23.7 Å². The molecular formula is C32H42N4O2. The fourth-order valence-electron chi connectivity index (χ4n) is 8.01. The molecule has 4 saturated carbocycles. The molecule has 7 rings (SSSR count). The minimum Gasteiger partial charge on any atom is -0.346 e. The fourth-order valence-corrected chi connectivity index (χ4v) is 8.01. The topological polar surface area (TPSA) is 68.9 Å². The summed E-state index contributed by atoms with van der Waals surface area (Å²) in [5.74, 6) is 2.54. The van der Waals surface area contributed by atoms with E-state index in [0.29, 0.717) is 11.3 Å². The maximum Gasteiger partial charge on any atom is 0.257 e. The molecule has 6 nitrogen and oxygen atoms in total. The number of carbonyl (C=O) groups excluding carboxylic acids is 1. The molecule has 4 fully saturated rings. The van der Waals surface area contributed by atoms with Crippen molar-refractivity contribution >= 4 is 16.8 Å². The molecule has 38 heavy (non-hydrogen) atoms. The highest BCUT2D eigenvalue weighted by Gasteiger charge is 2.51. The Morgan fingerprint density at radius 1 is 1.05 bits per heavy atom. The lowest BCUT2D eigenvalue weighted by molar-refractivity contribution is -0.0167. The Morgan fingerprint density at radius 3 is 2.42 bits per heavy atom. The van der Waals surface area contributed by atoms with Crippen molar-refractivity contribution in [2.75, 3.05) is 0 Å². The highest BCUT2D eigenvalue weighted by atomic mass is 16.2. The van der Waals surface area contributed by atoms with Crippen molar-refractivity contribution in [3.8, 4) is 11.1 Å². The van der Waals surface area contributed by atoms with Crippen LogP contribution in [0.5, 0.6) is 0 Å². The Kier molecular flexibility index (Phi) is 6.69. The summed E-state index contributed by atoms with van der Waals surface area (Å²) < 4.78 is 4.09. The van der Waals surface area contributed by atoms with Crippen molar-refractivity contribution in [1.29, 1.82) is 0 Å². The lowest BCUT2D eigenvalue weighted by Crippen LogP contribution is -2.60. The van der Waals surface area contributed by atoms with E-state index in [1.165, 1.54) is 19.3 Å². The first kappa shape index (κ1) is 25.4. The molecule has 0 atom stereocenters. The van der Waals surface area contributed by atoms with E-state index in [-0.39, 0.29) is 22.4 Å². The smallest absolute Gasteiger partial charge is 0.257 e.